The lowest BCUT2D eigenvalue weighted by Crippen LogP contribution is -2.31. The van der Waals surface area contributed by atoms with Crippen LogP contribution < -0.4 is 9.46 Å². The Balaban J connectivity index is 2.00. The van der Waals surface area contributed by atoms with E-state index in [1.54, 1.807) is 30.3 Å². The Hall–Kier alpha value is -2.35. The first-order valence-electron chi connectivity index (χ1n) is 10.5. The summed E-state index contributed by atoms with van der Waals surface area (Å²) in [4.78, 5) is 13.0. The number of benzene rings is 3. The molecule has 33 heavy (non-hydrogen) atoms. The van der Waals surface area contributed by atoms with Gasteiger partial charge in [-0.25, -0.2) is 13.1 Å². The normalized spacial score (nSPS) is 11.5. The van der Waals surface area contributed by atoms with Crippen molar-refractivity contribution in [1.82, 2.24) is 4.72 Å². The number of carbonyl (C=O) groups is 1. The van der Waals surface area contributed by atoms with Crippen molar-refractivity contribution in [2.75, 3.05) is 6.61 Å². The first kappa shape index (κ1) is 25.3. The van der Waals surface area contributed by atoms with E-state index in [0.29, 0.717) is 29.4 Å². The largest absolute Gasteiger partial charge is 0.493 e. The van der Waals surface area contributed by atoms with Gasteiger partial charge in [-0.15, -0.1) is 0 Å². The van der Waals surface area contributed by atoms with E-state index in [1.807, 2.05) is 39.0 Å². The van der Waals surface area contributed by atoms with E-state index >= 15 is 0 Å². The average molecular weight is 551 g/mol. The second-order valence-electron chi connectivity index (χ2n) is 7.93. The summed E-state index contributed by atoms with van der Waals surface area (Å²) in [6.07, 6.45) is 0.597. The molecule has 0 aliphatic heterocycles. The molecule has 0 radical (unpaired) electrons. The van der Waals surface area contributed by atoms with Crippen LogP contribution in [0.15, 0.2) is 70.0 Å². The molecule has 0 atom stereocenters. The van der Waals surface area contributed by atoms with Gasteiger partial charge in [-0.1, -0.05) is 53.5 Å². The molecule has 0 aliphatic rings. The molecule has 3 aromatic rings. The molecular weight excluding hydrogens is 526 g/mol. The van der Waals surface area contributed by atoms with Crippen LogP contribution in [0, 0.1) is 5.92 Å². The molecule has 0 saturated carbocycles. The summed E-state index contributed by atoms with van der Waals surface area (Å²) in [5.74, 6) is 0.268. The minimum Gasteiger partial charge on any atom is -0.493 e. The molecule has 174 valence electrons. The Morgan fingerprint density at radius 3 is 2.39 bits per heavy atom. The molecule has 0 unspecified atom stereocenters. The highest BCUT2D eigenvalue weighted by Crippen LogP contribution is 2.34. The van der Waals surface area contributed by atoms with E-state index in [0.717, 1.165) is 21.2 Å². The van der Waals surface area contributed by atoms with E-state index in [2.05, 4.69) is 20.7 Å². The van der Waals surface area contributed by atoms with Gasteiger partial charge in [0.15, 0.2) is 0 Å². The smallest absolute Gasteiger partial charge is 0.265 e. The third-order valence-corrected chi connectivity index (χ3v) is 6.99. The highest BCUT2D eigenvalue weighted by Gasteiger charge is 2.22. The third kappa shape index (κ3) is 6.37. The number of hydrogen-bond acceptors (Lipinski definition) is 4. The minimum atomic E-state index is -4.01. The Morgan fingerprint density at radius 1 is 1.06 bits per heavy atom. The fourth-order valence-corrected chi connectivity index (χ4v) is 4.85. The molecule has 1 amide bonds. The molecule has 3 aromatic carbocycles. The molecule has 0 saturated heterocycles. The van der Waals surface area contributed by atoms with Crippen LogP contribution in [-0.4, -0.2) is 20.9 Å². The van der Waals surface area contributed by atoms with Crippen molar-refractivity contribution in [2.45, 2.75) is 32.1 Å². The summed E-state index contributed by atoms with van der Waals surface area (Å²) in [5.41, 5.74) is 2.70. The predicted octanol–water partition coefficient (Wildman–Crippen LogP) is 6.49. The van der Waals surface area contributed by atoms with Crippen LogP contribution in [0.2, 0.25) is 5.02 Å². The van der Waals surface area contributed by atoms with Crippen LogP contribution in [0.1, 0.15) is 36.7 Å². The summed E-state index contributed by atoms with van der Waals surface area (Å²) in [7, 11) is -4.01. The van der Waals surface area contributed by atoms with Gasteiger partial charge in [0.25, 0.3) is 15.9 Å². The van der Waals surface area contributed by atoms with Gasteiger partial charge in [-0.3, -0.25) is 4.79 Å². The second kappa shape index (κ2) is 10.7. The van der Waals surface area contributed by atoms with Gasteiger partial charge in [-0.2, -0.15) is 0 Å². The van der Waals surface area contributed by atoms with Crippen LogP contribution in [-0.2, 0) is 16.4 Å². The molecule has 5 nitrogen and oxygen atoms in total. The van der Waals surface area contributed by atoms with Gasteiger partial charge in [-0.05, 0) is 78.9 Å². The third-order valence-electron chi connectivity index (χ3n) is 4.88. The quantitative estimate of drug-likeness (QED) is 0.348. The lowest BCUT2D eigenvalue weighted by molar-refractivity contribution is 0.0980. The van der Waals surface area contributed by atoms with Gasteiger partial charge >= 0.3 is 0 Å². The van der Waals surface area contributed by atoms with Crippen molar-refractivity contribution in [1.29, 1.82) is 0 Å². The summed E-state index contributed by atoms with van der Waals surface area (Å²) in [6.45, 7) is 6.49. The number of halogens is 2. The van der Waals surface area contributed by atoms with Crippen LogP contribution in [0.3, 0.4) is 0 Å². The molecule has 0 aromatic heterocycles. The number of sulfonamides is 1. The monoisotopic (exact) mass is 549 g/mol. The molecule has 0 heterocycles. The first-order valence-corrected chi connectivity index (χ1v) is 13.1. The fourth-order valence-electron chi connectivity index (χ4n) is 3.45. The van der Waals surface area contributed by atoms with Crippen molar-refractivity contribution in [2.24, 2.45) is 5.92 Å². The van der Waals surface area contributed by atoms with E-state index in [1.165, 1.54) is 12.1 Å². The maximum Gasteiger partial charge on any atom is 0.265 e. The van der Waals surface area contributed by atoms with E-state index < -0.39 is 15.9 Å². The van der Waals surface area contributed by atoms with Crippen molar-refractivity contribution in [3.05, 3.63) is 81.3 Å². The molecule has 0 spiro atoms. The van der Waals surface area contributed by atoms with Crippen molar-refractivity contribution >= 4 is 43.5 Å². The molecular formula is C25H25BrClNO4S. The highest BCUT2D eigenvalue weighted by atomic mass is 79.9. The average Bonchev–Trinajstić information content (AvgIpc) is 2.74. The zero-order chi connectivity index (χ0) is 24.2. The highest BCUT2D eigenvalue weighted by molar-refractivity contribution is 9.10. The van der Waals surface area contributed by atoms with Gasteiger partial charge in [0.05, 0.1) is 11.5 Å². The molecule has 8 heteroatoms. The molecule has 3 rings (SSSR count). The zero-order valence-corrected chi connectivity index (χ0v) is 21.7. The summed E-state index contributed by atoms with van der Waals surface area (Å²) < 4.78 is 34.1. The van der Waals surface area contributed by atoms with Gasteiger partial charge in [0.1, 0.15) is 5.75 Å². The van der Waals surface area contributed by atoms with Gasteiger partial charge in [0, 0.05) is 20.6 Å². The lowest BCUT2D eigenvalue weighted by atomic mass is 9.93. The second-order valence-corrected chi connectivity index (χ2v) is 11.0. The maximum absolute atomic E-state index is 13.0. The minimum absolute atomic E-state index is 0.0152. The van der Waals surface area contributed by atoms with Crippen molar-refractivity contribution in [3.8, 4) is 16.9 Å². The molecule has 0 fully saturated rings. The number of hydrogen-bond donors (Lipinski definition) is 1. The van der Waals surface area contributed by atoms with Crippen LogP contribution in [0.4, 0.5) is 0 Å². The summed E-state index contributed by atoms with van der Waals surface area (Å²) in [5, 5.41) is 0.571. The SMILES string of the molecule is CCOc1ccc(Cl)cc1-c1ccc(C(=O)NS(=O)(=O)c2ccc(Br)cc2)c(CC(C)C)c1. The predicted molar refractivity (Wildman–Crippen MR) is 135 cm³/mol. The lowest BCUT2D eigenvalue weighted by Gasteiger charge is -2.16. The maximum atomic E-state index is 13.0. The Kier molecular flexibility index (Phi) is 8.21. The summed E-state index contributed by atoms with van der Waals surface area (Å²) in [6, 6.07) is 16.8. The number of carbonyl (C=O) groups excluding carboxylic acids is 1. The Labute approximate surface area is 208 Å². The molecule has 0 aliphatic carbocycles. The standard InChI is InChI=1S/C25H25BrClNO4S/c1-4-32-24-12-8-20(27)15-23(24)17-5-11-22(18(14-17)13-16(2)3)25(29)28-33(30,31)21-9-6-19(26)7-10-21/h5-12,14-16H,4,13H2,1-3H3,(H,28,29). The van der Waals surface area contributed by atoms with Crippen molar-refractivity contribution < 1.29 is 17.9 Å². The number of ether oxygens (including phenoxy) is 1. The first-order chi connectivity index (χ1) is 15.6. The van der Waals surface area contributed by atoms with Crippen LogP contribution in [0.25, 0.3) is 11.1 Å². The Bertz CT molecular complexity index is 1260. The van der Waals surface area contributed by atoms with Crippen molar-refractivity contribution in [3.63, 3.8) is 0 Å². The van der Waals surface area contributed by atoms with Crippen LogP contribution in [0.5, 0.6) is 5.75 Å². The Morgan fingerprint density at radius 2 is 1.76 bits per heavy atom. The number of nitrogens with one attached hydrogen (secondary N) is 1. The summed E-state index contributed by atoms with van der Waals surface area (Å²) >= 11 is 9.50. The molecule has 0 bridgehead atoms. The topological polar surface area (TPSA) is 72.5 Å². The fraction of sp³-hybridized carbons (Fsp3) is 0.240. The number of rotatable bonds is 8. The van der Waals surface area contributed by atoms with Crippen LogP contribution >= 0.6 is 27.5 Å². The zero-order valence-electron chi connectivity index (χ0n) is 18.6. The van der Waals surface area contributed by atoms with E-state index in [9.17, 15) is 13.2 Å². The number of amides is 1. The van der Waals surface area contributed by atoms with Gasteiger partial charge < -0.3 is 4.74 Å². The van der Waals surface area contributed by atoms with E-state index in [-0.39, 0.29) is 10.8 Å². The molecule has 1 N–H and O–H groups in total. The van der Waals surface area contributed by atoms with Gasteiger partial charge in [0.2, 0.25) is 0 Å². The van der Waals surface area contributed by atoms with E-state index in [4.69, 9.17) is 16.3 Å².